The molecule has 0 aliphatic carbocycles. The molecule has 4 heteroatoms. The fraction of sp³-hybridized carbons (Fsp3) is 0.462. The number of hydrogen-bond donors (Lipinski definition) is 2. The van der Waals surface area contributed by atoms with Crippen LogP contribution in [0, 0.1) is 6.92 Å². The van der Waals surface area contributed by atoms with Gasteiger partial charge in [-0.25, -0.2) is 0 Å². The maximum atomic E-state index is 12.2. The van der Waals surface area contributed by atoms with Gasteiger partial charge in [-0.2, -0.15) is 0 Å². The first-order chi connectivity index (χ1) is 7.97. The molecule has 17 heavy (non-hydrogen) atoms. The monoisotopic (exact) mass is 236 g/mol. The lowest BCUT2D eigenvalue weighted by molar-refractivity contribution is 0.0666. The van der Waals surface area contributed by atoms with Crippen LogP contribution < -0.4 is 5.73 Å². The summed E-state index contributed by atoms with van der Waals surface area (Å²) in [7, 11) is 0. The molecule has 0 heterocycles. The number of aliphatic hydroxyl groups is 1. The van der Waals surface area contributed by atoms with Gasteiger partial charge in [0.25, 0.3) is 5.91 Å². The topological polar surface area (TPSA) is 66.6 Å². The number of anilines is 1. The molecule has 0 fully saturated rings. The van der Waals surface area contributed by atoms with Crippen molar-refractivity contribution in [1.29, 1.82) is 0 Å². The average molecular weight is 236 g/mol. The highest BCUT2D eigenvalue weighted by Crippen LogP contribution is 2.17. The van der Waals surface area contributed by atoms with E-state index in [1.807, 2.05) is 26.8 Å². The predicted octanol–water partition coefficient (Wildman–Crippen LogP) is 1.42. The minimum Gasteiger partial charge on any atom is -0.398 e. The van der Waals surface area contributed by atoms with Crippen molar-refractivity contribution in [3.8, 4) is 0 Å². The molecule has 0 aliphatic heterocycles. The minimum atomic E-state index is -0.133. The Balaban J connectivity index is 3.01. The summed E-state index contributed by atoms with van der Waals surface area (Å²) in [5.41, 5.74) is 7.85. The molecule has 1 aromatic carbocycles. The number of hydrogen-bond acceptors (Lipinski definition) is 3. The largest absolute Gasteiger partial charge is 0.398 e. The summed E-state index contributed by atoms with van der Waals surface area (Å²) in [6.07, 6.45) is 0. The molecule has 0 saturated heterocycles. The molecule has 0 aromatic heterocycles. The fourth-order valence-corrected chi connectivity index (χ4v) is 1.73. The third-order valence-electron chi connectivity index (χ3n) is 2.66. The second-order valence-corrected chi connectivity index (χ2v) is 4.41. The van der Waals surface area contributed by atoms with Crippen molar-refractivity contribution in [1.82, 2.24) is 4.90 Å². The highest BCUT2D eigenvalue weighted by atomic mass is 16.3. The zero-order chi connectivity index (χ0) is 13.0. The lowest BCUT2D eigenvalue weighted by Crippen LogP contribution is -2.39. The van der Waals surface area contributed by atoms with E-state index in [2.05, 4.69) is 0 Å². The Kier molecular flexibility index (Phi) is 4.52. The molecule has 0 aliphatic rings. The van der Waals surface area contributed by atoms with Crippen LogP contribution in [0.25, 0.3) is 0 Å². The van der Waals surface area contributed by atoms with Gasteiger partial charge >= 0.3 is 0 Å². The summed E-state index contributed by atoms with van der Waals surface area (Å²) < 4.78 is 0. The number of nitrogens with zero attached hydrogens (tertiary/aromatic N) is 1. The Morgan fingerprint density at radius 1 is 1.47 bits per heavy atom. The van der Waals surface area contributed by atoms with Crippen molar-refractivity contribution in [2.45, 2.75) is 26.8 Å². The highest BCUT2D eigenvalue weighted by Gasteiger charge is 2.19. The Bertz CT molecular complexity index is 402. The highest BCUT2D eigenvalue weighted by molar-refractivity contribution is 5.99. The van der Waals surface area contributed by atoms with Gasteiger partial charge in [0.05, 0.1) is 12.2 Å². The van der Waals surface area contributed by atoms with Crippen LogP contribution >= 0.6 is 0 Å². The van der Waals surface area contributed by atoms with Crippen molar-refractivity contribution < 1.29 is 9.90 Å². The first-order valence-corrected chi connectivity index (χ1v) is 5.75. The predicted molar refractivity (Wildman–Crippen MR) is 68.8 cm³/mol. The Labute approximate surface area is 102 Å². The standard InChI is InChI=1S/C13H20N2O2/c1-9(2)15(6-7-16)13(17)11-5-4-10(3)8-12(11)14/h4-5,8-9,16H,6-7,14H2,1-3H3. The normalized spacial score (nSPS) is 10.6. The maximum Gasteiger partial charge on any atom is 0.256 e. The quantitative estimate of drug-likeness (QED) is 0.777. The summed E-state index contributed by atoms with van der Waals surface area (Å²) in [6.45, 7) is 6.04. The van der Waals surface area contributed by atoms with Crippen LogP contribution in [0.15, 0.2) is 18.2 Å². The smallest absolute Gasteiger partial charge is 0.256 e. The van der Waals surface area contributed by atoms with E-state index >= 15 is 0 Å². The van der Waals surface area contributed by atoms with E-state index in [0.717, 1.165) is 5.56 Å². The molecule has 0 radical (unpaired) electrons. The summed E-state index contributed by atoms with van der Waals surface area (Å²) in [5.74, 6) is -0.133. The molecular weight excluding hydrogens is 216 g/mol. The second kappa shape index (κ2) is 5.68. The van der Waals surface area contributed by atoms with E-state index < -0.39 is 0 Å². The SMILES string of the molecule is Cc1ccc(C(=O)N(CCO)C(C)C)c(N)c1. The summed E-state index contributed by atoms with van der Waals surface area (Å²) >= 11 is 0. The van der Waals surface area contributed by atoms with Gasteiger partial charge in [0, 0.05) is 18.3 Å². The second-order valence-electron chi connectivity index (χ2n) is 4.41. The van der Waals surface area contributed by atoms with E-state index in [9.17, 15) is 4.79 Å². The number of carbonyl (C=O) groups is 1. The van der Waals surface area contributed by atoms with Crippen LogP contribution in [-0.2, 0) is 0 Å². The number of carbonyl (C=O) groups excluding carboxylic acids is 1. The first-order valence-electron chi connectivity index (χ1n) is 5.75. The van der Waals surface area contributed by atoms with E-state index in [4.69, 9.17) is 10.8 Å². The lowest BCUT2D eigenvalue weighted by atomic mass is 10.1. The third kappa shape index (κ3) is 3.20. The summed E-state index contributed by atoms with van der Waals surface area (Å²) in [6, 6.07) is 5.42. The molecule has 0 bridgehead atoms. The molecular formula is C13H20N2O2. The van der Waals surface area contributed by atoms with Crippen LogP contribution in [0.4, 0.5) is 5.69 Å². The van der Waals surface area contributed by atoms with Crippen molar-refractivity contribution in [3.05, 3.63) is 29.3 Å². The molecule has 3 N–H and O–H groups in total. The number of nitrogen functional groups attached to an aromatic ring is 1. The zero-order valence-corrected chi connectivity index (χ0v) is 10.6. The number of benzene rings is 1. The van der Waals surface area contributed by atoms with Crippen LogP contribution in [0.1, 0.15) is 29.8 Å². The zero-order valence-electron chi connectivity index (χ0n) is 10.6. The molecule has 4 nitrogen and oxygen atoms in total. The van der Waals surface area contributed by atoms with Gasteiger partial charge in [0.1, 0.15) is 0 Å². The number of nitrogens with two attached hydrogens (primary N) is 1. The Morgan fingerprint density at radius 3 is 2.59 bits per heavy atom. The van der Waals surface area contributed by atoms with E-state index in [0.29, 0.717) is 17.8 Å². The van der Waals surface area contributed by atoms with Gasteiger partial charge in [-0.1, -0.05) is 6.07 Å². The fourth-order valence-electron chi connectivity index (χ4n) is 1.73. The Hall–Kier alpha value is -1.55. The van der Waals surface area contributed by atoms with Crippen molar-refractivity contribution >= 4 is 11.6 Å². The third-order valence-corrected chi connectivity index (χ3v) is 2.66. The minimum absolute atomic E-state index is 0.0374. The molecule has 1 amide bonds. The molecule has 0 saturated carbocycles. The van der Waals surface area contributed by atoms with Gasteiger partial charge in [-0.3, -0.25) is 4.79 Å². The van der Waals surface area contributed by atoms with Gasteiger partial charge < -0.3 is 15.7 Å². The van der Waals surface area contributed by atoms with Gasteiger partial charge in [-0.15, -0.1) is 0 Å². The van der Waals surface area contributed by atoms with E-state index in [-0.39, 0.29) is 18.6 Å². The number of aryl methyl sites for hydroxylation is 1. The van der Waals surface area contributed by atoms with Crippen LogP contribution in [0.3, 0.4) is 0 Å². The number of amides is 1. The number of aliphatic hydroxyl groups excluding tert-OH is 1. The van der Waals surface area contributed by atoms with E-state index in [1.165, 1.54) is 0 Å². The first kappa shape index (κ1) is 13.5. The van der Waals surface area contributed by atoms with Crippen LogP contribution in [0.2, 0.25) is 0 Å². The molecule has 1 aromatic rings. The molecule has 0 unspecified atom stereocenters. The molecule has 1 rings (SSSR count). The van der Waals surface area contributed by atoms with Crippen LogP contribution in [0.5, 0.6) is 0 Å². The lowest BCUT2D eigenvalue weighted by Gasteiger charge is -2.26. The average Bonchev–Trinajstić information content (AvgIpc) is 2.24. The number of rotatable bonds is 4. The van der Waals surface area contributed by atoms with Crippen molar-refractivity contribution in [2.75, 3.05) is 18.9 Å². The van der Waals surface area contributed by atoms with Gasteiger partial charge in [-0.05, 0) is 38.5 Å². The molecule has 0 spiro atoms. The van der Waals surface area contributed by atoms with Crippen molar-refractivity contribution in [3.63, 3.8) is 0 Å². The van der Waals surface area contributed by atoms with Gasteiger partial charge in [0.15, 0.2) is 0 Å². The summed E-state index contributed by atoms with van der Waals surface area (Å²) in [4.78, 5) is 13.9. The molecule has 0 atom stereocenters. The van der Waals surface area contributed by atoms with Crippen molar-refractivity contribution in [2.24, 2.45) is 0 Å². The maximum absolute atomic E-state index is 12.2. The van der Waals surface area contributed by atoms with E-state index in [1.54, 1.807) is 17.0 Å². The van der Waals surface area contributed by atoms with Crippen LogP contribution in [-0.4, -0.2) is 35.1 Å². The van der Waals surface area contributed by atoms with Gasteiger partial charge in [0.2, 0.25) is 0 Å². The Morgan fingerprint density at radius 2 is 2.12 bits per heavy atom. The molecule has 94 valence electrons. The summed E-state index contributed by atoms with van der Waals surface area (Å²) in [5, 5.41) is 8.97.